The normalized spacial score (nSPS) is 22.0. The summed E-state index contributed by atoms with van der Waals surface area (Å²) >= 11 is 0. The van der Waals surface area contributed by atoms with Gasteiger partial charge in [-0.25, -0.2) is 14.4 Å². The Bertz CT molecular complexity index is 1410. The van der Waals surface area contributed by atoms with E-state index >= 15 is 0 Å². The smallest absolute Gasteiger partial charge is 0.280 e. The largest absolute Gasteiger partial charge is 0.337 e. The van der Waals surface area contributed by atoms with Gasteiger partial charge >= 0.3 is 0 Å². The predicted octanol–water partition coefficient (Wildman–Crippen LogP) is 2.83. The molecule has 0 unspecified atom stereocenters. The maximum Gasteiger partial charge on any atom is 0.280 e. The molecule has 8 nitrogen and oxygen atoms in total. The Balaban J connectivity index is 1.21. The van der Waals surface area contributed by atoms with E-state index in [0.29, 0.717) is 34.7 Å². The molecular weight excluding hydrogens is 399 g/mol. The molecule has 0 amide bonds. The zero-order chi connectivity index (χ0) is 21.3. The van der Waals surface area contributed by atoms with E-state index in [1.54, 1.807) is 24.0 Å². The SMILES string of the molecule is Cc1cc(F)cc(C2=C[C@@H]3[C@H](C2)[C@H]3c2noc(Cn3cnc4ncn(C)c4c3=O)n2)c1. The Morgan fingerprint density at radius 2 is 2.06 bits per heavy atom. The Kier molecular flexibility index (Phi) is 3.77. The summed E-state index contributed by atoms with van der Waals surface area (Å²) in [7, 11) is 1.76. The molecule has 0 bridgehead atoms. The highest BCUT2D eigenvalue weighted by Gasteiger charge is 2.55. The maximum atomic E-state index is 13.7. The van der Waals surface area contributed by atoms with Gasteiger partial charge in [-0.2, -0.15) is 4.98 Å². The van der Waals surface area contributed by atoms with E-state index < -0.39 is 0 Å². The Hall–Kier alpha value is -3.62. The van der Waals surface area contributed by atoms with Crippen LogP contribution >= 0.6 is 0 Å². The zero-order valence-corrected chi connectivity index (χ0v) is 17.0. The van der Waals surface area contributed by atoms with Gasteiger partial charge in [0, 0.05) is 13.0 Å². The molecule has 0 saturated heterocycles. The fraction of sp³-hybridized carbons (Fsp3) is 0.318. The molecule has 3 atom stereocenters. The Morgan fingerprint density at radius 3 is 2.84 bits per heavy atom. The monoisotopic (exact) mass is 418 g/mol. The van der Waals surface area contributed by atoms with Crippen LogP contribution in [0.3, 0.4) is 0 Å². The number of allylic oxidation sites excluding steroid dienone is 2. The second-order valence-electron chi connectivity index (χ2n) is 8.43. The summed E-state index contributed by atoms with van der Waals surface area (Å²) in [6.07, 6.45) is 6.10. The van der Waals surface area contributed by atoms with Crippen molar-refractivity contribution >= 4 is 16.7 Å². The van der Waals surface area contributed by atoms with Crippen molar-refractivity contribution in [2.24, 2.45) is 18.9 Å². The number of rotatable bonds is 4. The van der Waals surface area contributed by atoms with Crippen molar-refractivity contribution in [1.82, 2.24) is 29.2 Å². The lowest BCUT2D eigenvalue weighted by Gasteiger charge is -2.07. The molecule has 2 aliphatic rings. The maximum absolute atomic E-state index is 13.7. The first-order valence-corrected chi connectivity index (χ1v) is 10.1. The highest BCUT2D eigenvalue weighted by molar-refractivity contribution is 5.71. The molecule has 0 aliphatic heterocycles. The van der Waals surface area contributed by atoms with Gasteiger partial charge in [0.05, 0.1) is 6.33 Å². The van der Waals surface area contributed by atoms with Crippen LogP contribution in [0.4, 0.5) is 4.39 Å². The number of hydrogen-bond donors (Lipinski definition) is 0. The predicted molar refractivity (Wildman–Crippen MR) is 110 cm³/mol. The summed E-state index contributed by atoms with van der Waals surface area (Å²) in [6.45, 7) is 2.06. The van der Waals surface area contributed by atoms with E-state index in [0.717, 1.165) is 17.5 Å². The molecule has 0 spiro atoms. The summed E-state index contributed by atoms with van der Waals surface area (Å²) in [5, 5.41) is 4.15. The van der Waals surface area contributed by atoms with Gasteiger partial charge in [-0.3, -0.25) is 9.36 Å². The molecular formula is C22H19FN6O2. The first-order valence-electron chi connectivity index (χ1n) is 10.1. The second kappa shape index (κ2) is 6.44. The number of fused-ring (bicyclic) bond motifs is 2. The van der Waals surface area contributed by atoms with E-state index in [1.807, 2.05) is 13.0 Å². The lowest BCUT2D eigenvalue weighted by molar-refractivity contribution is 0.364. The average Bonchev–Trinajstić information content (AvgIpc) is 3.15. The molecule has 1 aromatic carbocycles. The third kappa shape index (κ3) is 2.91. The van der Waals surface area contributed by atoms with Gasteiger partial charge in [0.1, 0.15) is 18.7 Å². The number of halogens is 1. The van der Waals surface area contributed by atoms with E-state index in [9.17, 15) is 9.18 Å². The van der Waals surface area contributed by atoms with E-state index in [2.05, 4.69) is 26.2 Å². The lowest BCUT2D eigenvalue weighted by atomic mass is 9.99. The number of benzene rings is 1. The van der Waals surface area contributed by atoms with Crippen LogP contribution in [0.1, 0.15) is 35.2 Å². The highest BCUT2D eigenvalue weighted by Crippen LogP contribution is 2.62. The molecule has 1 saturated carbocycles. The lowest BCUT2D eigenvalue weighted by Crippen LogP contribution is -2.22. The fourth-order valence-corrected chi connectivity index (χ4v) is 4.74. The standard InChI is InChI=1S/C22H19FN6O2/c1-11-3-12(5-14(23)4-11)13-6-15-16(7-13)18(15)20-26-17(31-27-20)8-29-10-25-21-19(22(29)30)28(2)9-24-21/h3-6,9-10,15-16,18H,7-8H2,1-2H3/t15-,16+,18+/m1/s1. The summed E-state index contributed by atoms with van der Waals surface area (Å²) in [5.41, 5.74) is 3.70. The van der Waals surface area contributed by atoms with E-state index in [-0.39, 0.29) is 23.8 Å². The minimum atomic E-state index is -0.204. The van der Waals surface area contributed by atoms with Crippen LogP contribution in [-0.2, 0) is 13.6 Å². The van der Waals surface area contributed by atoms with E-state index in [1.165, 1.54) is 22.5 Å². The molecule has 1 fully saturated rings. The van der Waals surface area contributed by atoms with Crippen molar-refractivity contribution in [1.29, 1.82) is 0 Å². The van der Waals surface area contributed by atoms with Gasteiger partial charge in [0.2, 0.25) is 5.89 Å². The van der Waals surface area contributed by atoms with Crippen molar-refractivity contribution in [2.45, 2.75) is 25.8 Å². The topological polar surface area (TPSA) is 91.6 Å². The molecule has 0 N–H and O–H groups in total. The third-order valence-corrected chi connectivity index (χ3v) is 6.28. The molecule has 0 radical (unpaired) electrons. The van der Waals surface area contributed by atoms with Gasteiger partial charge in [-0.05, 0) is 54.0 Å². The van der Waals surface area contributed by atoms with Crippen molar-refractivity contribution in [2.75, 3.05) is 0 Å². The molecule has 9 heteroatoms. The molecule has 3 heterocycles. The number of nitrogens with zero attached hydrogens (tertiary/aromatic N) is 6. The van der Waals surface area contributed by atoms with Crippen LogP contribution in [0.2, 0.25) is 0 Å². The van der Waals surface area contributed by atoms with E-state index in [4.69, 9.17) is 4.52 Å². The molecule has 3 aromatic heterocycles. The number of aryl methyl sites for hydroxylation is 2. The molecule has 4 aromatic rings. The van der Waals surface area contributed by atoms with Crippen molar-refractivity contribution in [3.8, 4) is 0 Å². The van der Waals surface area contributed by atoms with Gasteiger partial charge < -0.3 is 9.09 Å². The summed E-state index contributed by atoms with van der Waals surface area (Å²) < 4.78 is 22.2. The van der Waals surface area contributed by atoms with Crippen LogP contribution in [0.25, 0.3) is 16.7 Å². The second-order valence-corrected chi connectivity index (χ2v) is 8.43. The van der Waals surface area contributed by atoms with Crippen LogP contribution in [0.15, 0.2) is 46.2 Å². The quantitative estimate of drug-likeness (QED) is 0.506. The van der Waals surface area contributed by atoms with Gasteiger partial charge in [-0.15, -0.1) is 0 Å². The molecule has 6 rings (SSSR count). The van der Waals surface area contributed by atoms with Gasteiger partial charge in [0.25, 0.3) is 5.56 Å². The first-order chi connectivity index (χ1) is 15.0. The van der Waals surface area contributed by atoms with Crippen LogP contribution < -0.4 is 5.56 Å². The Morgan fingerprint density at radius 1 is 1.23 bits per heavy atom. The van der Waals surface area contributed by atoms with Crippen molar-refractivity contribution in [3.63, 3.8) is 0 Å². The van der Waals surface area contributed by atoms with Crippen LogP contribution in [0, 0.1) is 24.6 Å². The average molecular weight is 418 g/mol. The number of imidazole rings is 1. The van der Waals surface area contributed by atoms with Crippen molar-refractivity contribution in [3.05, 3.63) is 75.9 Å². The Labute approximate surface area is 176 Å². The fourth-order valence-electron chi connectivity index (χ4n) is 4.74. The summed E-state index contributed by atoms with van der Waals surface area (Å²) in [6, 6.07) is 5.15. The molecule has 156 valence electrons. The first kappa shape index (κ1) is 18.2. The minimum Gasteiger partial charge on any atom is -0.337 e. The molecule has 31 heavy (non-hydrogen) atoms. The summed E-state index contributed by atoms with van der Waals surface area (Å²) in [4.78, 5) is 25.5. The van der Waals surface area contributed by atoms with Crippen molar-refractivity contribution < 1.29 is 8.91 Å². The minimum absolute atomic E-state index is 0.158. The van der Waals surface area contributed by atoms with Gasteiger partial charge in [0.15, 0.2) is 17.0 Å². The number of hydrogen-bond acceptors (Lipinski definition) is 6. The van der Waals surface area contributed by atoms with Crippen LogP contribution in [0.5, 0.6) is 0 Å². The third-order valence-electron chi connectivity index (χ3n) is 6.28. The summed E-state index contributed by atoms with van der Waals surface area (Å²) in [5.74, 6) is 1.81. The van der Waals surface area contributed by atoms with Gasteiger partial charge in [-0.1, -0.05) is 17.3 Å². The number of aromatic nitrogens is 6. The zero-order valence-electron chi connectivity index (χ0n) is 17.0. The van der Waals surface area contributed by atoms with Crippen LogP contribution in [-0.4, -0.2) is 29.2 Å². The molecule has 2 aliphatic carbocycles. The highest BCUT2D eigenvalue weighted by atomic mass is 19.1.